The van der Waals surface area contributed by atoms with Crippen LogP contribution in [0.25, 0.3) is 21.9 Å². The minimum absolute atomic E-state index is 0.125. The molecule has 6 nitrogen and oxygen atoms in total. The predicted molar refractivity (Wildman–Crippen MR) is 103 cm³/mol. The maximum absolute atomic E-state index is 11.4. The number of carbonyl (C=O) groups excluding carboxylic acids is 1. The summed E-state index contributed by atoms with van der Waals surface area (Å²) in [4.78, 5) is 14.5. The second kappa shape index (κ2) is 7.58. The van der Waals surface area contributed by atoms with Crippen LogP contribution in [0.2, 0.25) is 0 Å². The van der Waals surface area contributed by atoms with E-state index in [9.17, 15) is 9.90 Å². The van der Waals surface area contributed by atoms with Gasteiger partial charge < -0.3 is 24.1 Å². The minimum atomic E-state index is -0.541. The van der Waals surface area contributed by atoms with Crippen LogP contribution in [0.5, 0.6) is 5.75 Å². The van der Waals surface area contributed by atoms with E-state index < -0.39 is 6.10 Å². The van der Waals surface area contributed by atoms with Gasteiger partial charge in [0.25, 0.3) is 0 Å². The van der Waals surface area contributed by atoms with Gasteiger partial charge in [-0.05, 0) is 24.3 Å². The molecular formula is C21H25N2O4+. The third-order valence-corrected chi connectivity index (χ3v) is 5.23. The predicted octanol–water partition coefficient (Wildman–Crippen LogP) is 1.07. The molecule has 27 heavy (non-hydrogen) atoms. The first-order valence-corrected chi connectivity index (χ1v) is 9.41. The number of ether oxygens (including phenoxy) is 1. The number of furan rings is 1. The lowest BCUT2D eigenvalue weighted by molar-refractivity contribution is -0.907. The van der Waals surface area contributed by atoms with E-state index in [-0.39, 0.29) is 12.5 Å². The fourth-order valence-corrected chi connectivity index (χ4v) is 3.72. The molecule has 3 aromatic rings. The molecule has 6 heteroatoms. The lowest BCUT2D eigenvalue weighted by Crippen LogP contribution is -3.15. The van der Waals surface area contributed by atoms with Gasteiger partial charge in [-0.2, -0.15) is 0 Å². The number of hydrogen-bond donors (Lipinski definition) is 2. The number of aliphatic hydroxyl groups excluding tert-OH is 1. The summed E-state index contributed by atoms with van der Waals surface area (Å²) >= 11 is 0. The summed E-state index contributed by atoms with van der Waals surface area (Å²) in [7, 11) is 0. The van der Waals surface area contributed by atoms with Crippen LogP contribution < -0.4 is 9.64 Å². The number of aliphatic hydroxyl groups is 1. The van der Waals surface area contributed by atoms with E-state index in [4.69, 9.17) is 9.15 Å². The number of carbonyl (C=O) groups is 1. The molecule has 0 unspecified atom stereocenters. The zero-order chi connectivity index (χ0) is 18.8. The smallest absolute Gasteiger partial charge is 0.219 e. The van der Waals surface area contributed by atoms with E-state index in [1.807, 2.05) is 47.4 Å². The number of amides is 1. The van der Waals surface area contributed by atoms with Crippen molar-refractivity contribution in [2.45, 2.75) is 13.0 Å². The highest BCUT2D eigenvalue weighted by Crippen LogP contribution is 2.31. The van der Waals surface area contributed by atoms with Gasteiger partial charge >= 0.3 is 0 Å². The molecule has 0 radical (unpaired) electrons. The lowest BCUT2D eigenvalue weighted by Gasteiger charge is -2.32. The summed E-state index contributed by atoms with van der Waals surface area (Å²) in [5.41, 5.74) is 1.69. The van der Waals surface area contributed by atoms with Crippen LogP contribution in [0.1, 0.15) is 6.92 Å². The highest BCUT2D eigenvalue weighted by Gasteiger charge is 2.23. The largest absolute Gasteiger partial charge is 0.491 e. The first-order chi connectivity index (χ1) is 13.1. The molecule has 2 aromatic carbocycles. The second-order valence-electron chi connectivity index (χ2n) is 7.18. The summed E-state index contributed by atoms with van der Waals surface area (Å²) in [6.45, 7) is 5.72. The summed E-state index contributed by atoms with van der Waals surface area (Å²) < 4.78 is 11.6. The third-order valence-electron chi connectivity index (χ3n) is 5.23. The van der Waals surface area contributed by atoms with Crippen molar-refractivity contribution >= 4 is 27.8 Å². The molecule has 1 amide bonds. The molecular weight excluding hydrogens is 344 g/mol. The zero-order valence-electron chi connectivity index (χ0n) is 15.5. The van der Waals surface area contributed by atoms with Crippen molar-refractivity contribution in [2.24, 2.45) is 0 Å². The Labute approximate surface area is 157 Å². The molecule has 4 rings (SSSR count). The Morgan fingerprint density at radius 1 is 1.19 bits per heavy atom. The molecule has 1 atom stereocenters. The normalized spacial score (nSPS) is 16.7. The maximum Gasteiger partial charge on any atom is 0.219 e. The first kappa shape index (κ1) is 17.8. The van der Waals surface area contributed by atoms with Crippen LogP contribution in [0, 0.1) is 0 Å². The first-order valence-electron chi connectivity index (χ1n) is 9.41. The van der Waals surface area contributed by atoms with Crippen LogP contribution in [-0.2, 0) is 4.79 Å². The molecule has 1 aliphatic heterocycles. The van der Waals surface area contributed by atoms with Crippen molar-refractivity contribution in [1.29, 1.82) is 0 Å². The highest BCUT2D eigenvalue weighted by atomic mass is 16.5. The minimum Gasteiger partial charge on any atom is -0.491 e. The molecule has 1 aromatic heterocycles. The average Bonchev–Trinajstić information content (AvgIpc) is 3.05. The maximum atomic E-state index is 11.4. The third kappa shape index (κ3) is 3.91. The number of quaternary nitrogens is 1. The van der Waals surface area contributed by atoms with E-state index >= 15 is 0 Å². The SMILES string of the molecule is CC(=O)N1CC[NH+](C[C@@H](O)COc2ccc3oc4ccccc4c3c2)CC1. The van der Waals surface area contributed by atoms with Crippen LogP contribution in [-0.4, -0.2) is 61.3 Å². The number of piperazine rings is 1. The van der Waals surface area contributed by atoms with Crippen molar-refractivity contribution < 1.29 is 24.0 Å². The standard InChI is InChI=1S/C21H24N2O4/c1-15(24)23-10-8-22(9-11-23)13-16(25)14-26-17-6-7-21-19(12-17)18-4-2-3-5-20(18)27-21/h2-7,12,16,25H,8-11,13-14H2,1H3/p+1/t16-/m1/s1. The molecule has 0 aliphatic carbocycles. The Kier molecular flexibility index (Phi) is 5.01. The average molecular weight is 369 g/mol. The summed E-state index contributed by atoms with van der Waals surface area (Å²) in [5, 5.41) is 12.4. The number of nitrogens with one attached hydrogen (secondary N) is 1. The van der Waals surface area contributed by atoms with Crippen molar-refractivity contribution in [2.75, 3.05) is 39.3 Å². The lowest BCUT2D eigenvalue weighted by atomic mass is 10.1. The van der Waals surface area contributed by atoms with Gasteiger partial charge in [0.2, 0.25) is 5.91 Å². The van der Waals surface area contributed by atoms with Crippen LogP contribution in [0.15, 0.2) is 46.9 Å². The number of benzene rings is 2. The van der Waals surface area contributed by atoms with Crippen molar-refractivity contribution in [3.63, 3.8) is 0 Å². The van der Waals surface area contributed by atoms with E-state index in [2.05, 4.69) is 0 Å². The van der Waals surface area contributed by atoms with Crippen molar-refractivity contribution in [1.82, 2.24) is 4.90 Å². The summed E-state index contributed by atoms with van der Waals surface area (Å²) in [5.74, 6) is 0.851. The molecule has 1 aliphatic rings. The van der Waals surface area contributed by atoms with Crippen LogP contribution >= 0.6 is 0 Å². The van der Waals surface area contributed by atoms with Gasteiger partial charge in [0.1, 0.15) is 36.2 Å². The van der Waals surface area contributed by atoms with E-state index in [1.54, 1.807) is 6.92 Å². The van der Waals surface area contributed by atoms with Crippen LogP contribution in [0.3, 0.4) is 0 Å². The Morgan fingerprint density at radius 3 is 2.70 bits per heavy atom. The number of nitrogens with zero attached hydrogens (tertiary/aromatic N) is 1. The molecule has 1 fully saturated rings. The molecule has 0 saturated carbocycles. The number of para-hydroxylation sites is 1. The zero-order valence-corrected chi connectivity index (χ0v) is 15.5. The molecule has 2 N–H and O–H groups in total. The van der Waals surface area contributed by atoms with Crippen molar-refractivity contribution in [3.05, 3.63) is 42.5 Å². The Hall–Kier alpha value is -2.57. The van der Waals surface area contributed by atoms with E-state index in [0.29, 0.717) is 6.54 Å². The number of rotatable bonds is 5. The second-order valence-corrected chi connectivity index (χ2v) is 7.18. The van der Waals surface area contributed by atoms with Gasteiger partial charge in [-0.1, -0.05) is 18.2 Å². The van der Waals surface area contributed by atoms with E-state index in [1.165, 1.54) is 4.90 Å². The van der Waals surface area contributed by atoms with Gasteiger partial charge in [0.15, 0.2) is 0 Å². The van der Waals surface area contributed by atoms with Crippen LogP contribution in [0.4, 0.5) is 0 Å². The van der Waals surface area contributed by atoms with Gasteiger partial charge in [0, 0.05) is 17.7 Å². The van der Waals surface area contributed by atoms with Gasteiger partial charge in [-0.3, -0.25) is 4.79 Å². The molecule has 142 valence electrons. The molecule has 0 bridgehead atoms. The fraction of sp³-hybridized carbons (Fsp3) is 0.381. The Bertz CT molecular complexity index is 944. The van der Waals surface area contributed by atoms with Gasteiger partial charge in [-0.15, -0.1) is 0 Å². The van der Waals surface area contributed by atoms with Gasteiger partial charge in [-0.25, -0.2) is 0 Å². The highest BCUT2D eigenvalue weighted by molar-refractivity contribution is 6.05. The summed E-state index contributed by atoms with van der Waals surface area (Å²) in [6.07, 6.45) is -0.541. The topological polar surface area (TPSA) is 67.4 Å². The monoisotopic (exact) mass is 369 g/mol. The fourth-order valence-electron chi connectivity index (χ4n) is 3.72. The quantitative estimate of drug-likeness (QED) is 0.706. The Morgan fingerprint density at radius 2 is 1.93 bits per heavy atom. The molecule has 0 spiro atoms. The number of fused-ring (bicyclic) bond motifs is 3. The van der Waals surface area contributed by atoms with E-state index in [0.717, 1.165) is 53.9 Å². The Balaban J connectivity index is 1.34. The molecule has 2 heterocycles. The molecule has 1 saturated heterocycles. The number of hydrogen-bond acceptors (Lipinski definition) is 4. The summed E-state index contributed by atoms with van der Waals surface area (Å²) in [6, 6.07) is 13.7. The van der Waals surface area contributed by atoms with Crippen molar-refractivity contribution in [3.8, 4) is 5.75 Å². The van der Waals surface area contributed by atoms with Gasteiger partial charge in [0.05, 0.1) is 26.2 Å².